The number of nitrogens with two attached hydrogens (primary N) is 1. The fourth-order valence-electron chi connectivity index (χ4n) is 1.36. The van der Waals surface area contributed by atoms with E-state index in [-0.39, 0.29) is 17.9 Å². The molecule has 88 valence electrons. The first-order valence-corrected chi connectivity index (χ1v) is 5.18. The number of aliphatic hydroxyl groups is 1. The Bertz CT molecular complexity index is 241. The number of rotatable bonds is 3. The van der Waals surface area contributed by atoms with Crippen LogP contribution in [0.1, 0.15) is 20.8 Å². The van der Waals surface area contributed by atoms with Gasteiger partial charge in [0.05, 0.1) is 30.8 Å². The molecule has 0 saturated carbocycles. The molecule has 0 aromatic rings. The van der Waals surface area contributed by atoms with Crippen LogP contribution in [0.4, 0.5) is 0 Å². The molecule has 0 radical (unpaired) electrons. The van der Waals surface area contributed by atoms with Crippen LogP contribution in [0.15, 0.2) is 0 Å². The molecule has 1 rings (SSSR count). The van der Waals surface area contributed by atoms with Crippen LogP contribution in [0.2, 0.25) is 0 Å². The smallest absolute Gasteiger partial charge is 0.227 e. The van der Waals surface area contributed by atoms with Crippen molar-refractivity contribution in [1.29, 1.82) is 0 Å². The second-order valence-corrected chi connectivity index (χ2v) is 4.69. The first-order chi connectivity index (χ1) is 6.84. The molecule has 0 bridgehead atoms. The summed E-state index contributed by atoms with van der Waals surface area (Å²) >= 11 is 0. The number of ether oxygens (including phenoxy) is 1. The highest BCUT2D eigenvalue weighted by Crippen LogP contribution is 2.15. The summed E-state index contributed by atoms with van der Waals surface area (Å²) in [7, 11) is 0. The molecule has 5 nitrogen and oxygen atoms in total. The van der Waals surface area contributed by atoms with Crippen molar-refractivity contribution in [3.8, 4) is 0 Å². The van der Waals surface area contributed by atoms with Gasteiger partial charge in [-0.3, -0.25) is 4.79 Å². The van der Waals surface area contributed by atoms with Gasteiger partial charge in [-0.1, -0.05) is 0 Å². The van der Waals surface area contributed by atoms with Crippen LogP contribution >= 0.6 is 0 Å². The summed E-state index contributed by atoms with van der Waals surface area (Å²) < 4.78 is 5.12. The first-order valence-electron chi connectivity index (χ1n) is 5.18. The van der Waals surface area contributed by atoms with Crippen LogP contribution in [0.5, 0.6) is 0 Å². The highest BCUT2D eigenvalue weighted by molar-refractivity contribution is 5.80. The van der Waals surface area contributed by atoms with Crippen molar-refractivity contribution in [3.05, 3.63) is 0 Å². The van der Waals surface area contributed by atoms with Crippen molar-refractivity contribution in [1.82, 2.24) is 5.32 Å². The van der Waals surface area contributed by atoms with E-state index in [9.17, 15) is 9.90 Å². The predicted molar refractivity (Wildman–Crippen MR) is 56.2 cm³/mol. The number of carbonyl (C=O) groups is 1. The minimum absolute atomic E-state index is 0.147. The zero-order chi connectivity index (χ0) is 11.6. The van der Waals surface area contributed by atoms with Crippen molar-refractivity contribution < 1.29 is 14.6 Å². The lowest BCUT2D eigenvalue weighted by molar-refractivity contribution is -0.128. The number of hydrogen-bond acceptors (Lipinski definition) is 4. The van der Waals surface area contributed by atoms with Gasteiger partial charge < -0.3 is 20.9 Å². The lowest BCUT2D eigenvalue weighted by atomic mass is 9.96. The third-order valence-corrected chi connectivity index (χ3v) is 2.95. The highest BCUT2D eigenvalue weighted by atomic mass is 16.5. The number of carbonyl (C=O) groups excluding carboxylic acids is 1. The predicted octanol–water partition coefficient (Wildman–Crippen LogP) is -0.764. The van der Waals surface area contributed by atoms with Gasteiger partial charge in [0.25, 0.3) is 0 Å². The molecule has 1 fully saturated rings. The Hall–Kier alpha value is -0.650. The number of amides is 1. The molecular weight excluding hydrogens is 196 g/mol. The number of hydrogen-bond donors (Lipinski definition) is 3. The van der Waals surface area contributed by atoms with Crippen LogP contribution in [-0.4, -0.2) is 41.9 Å². The van der Waals surface area contributed by atoms with E-state index in [0.717, 1.165) is 0 Å². The molecule has 1 heterocycles. The molecule has 1 saturated heterocycles. The van der Waals surface area contributed by atoms with Crippen LogP contribution in [0.3, 0.4) is 0 Å². The molecule has 0 spiro atoms. The Labute approximate surface area is 90.0 Å². The fraction of sp³-hybridized carbons (Fsp3) is 0.900. The minimum Gasteiger partial charge on any atom is -0.391 e. The van der Waals surface area contributed by atoms with Gasteiger partial charge in [0.2, 0.25) is 5.91 Å². The summed E-state index contributed by atoms with van der Waals surface area (Å²) in [4.78, 5) is 11.8. The van der Waals surface area contributed by atoms with E-state index >= 15 is 0 Å². The van der Waals surface area contributed by atoms with Crippen molar-refractivity contribution in [3.63, 3.8) is 0 Å². The molecule has 5 heteroatoms. The Morgan fingerprint density at radius 2 is 2.20 bits per heavy atom. The van der Waals surface area contributed by atoms with Crippen LogP contribution in [-0.2, 0) is 9.53 Å². The maximum absolute atomic E-state index is 11.8. The molecule has 3 unspecified atom stereocenters. The molecule has 3 atom stereocenters. The van der Waals surface area contributed by atoms with Gasteiger partial charge in [-0.15, -0.1) is 0 Å². The third kappa shape index (κ3) is 2.90. The fourth-order valence-corrected chi connectivity index (χ4v) is 1.36. The van der Waals surface area contributed by atoms with E-state index in [2.05, 4.69) is 5.32 Å². The van der Waals surface area contributed by atoms with Gasteiger partial charge in [-0.05, 0) is 20.8 Å². The van der Waals surface area contributed by atoms with E-state index in [1.54, 1.807) is 20.8 Å². The number of aliphatic hydroxyl groups excluding tert-OH is 1. The lowest BCUT2D eigenvalue weighted by Gasteiger charge is -2.31. The van der Waals surface area contributed by atoms with Crippen molar-refractivity contribution >= 4 is 5.91 Å². The summed E-state index contributed by atoms with van der Waals surface area (Å²) in [6.45, 7) is 5.98. The Balaban J connectivity index is 2.55. The van der Waals surface area contributed by atoms with Gasteiger partial charge in [0, 0.05) is 6.04 Å². The summed E-state index contributed by atoms with van der Waals surface area (Å²) in [6, 6.07) is -0.241. The summed E-state index contributed by atoms with van der Waals surface area (Å²) in [5, 5.41) is 12.2. The van der Waals surface area contributed by atoms with Gasteiger partial charge in [-0.25, -0.2) is 0 Å². The largest absolute Gasteiger partial charge is 0.391 e. The second kappa shape index (κ2) is 4.47. The van der Waals surface area contributed by atoms with Gasteiger partial charge in [-0.2, -0.15) is 0 Å². The average molecular weight is 216 g/mol. The quantitative estimate of drug-likeness (QED) is 0.578. The van der Waals surface area contributed by atoms with Gasteiger partial charge >= 0.3 is 0 Å². The summed E-state index contributed by atoms with van der Waals surface area (Å²) in [5.74, 6) is -0.450. The SMILES string of the molecule is CC(O)C(C)(C)NC(=O)C1COCC1N. The second-order valence-electron chi connectivity index (χ2n) is 4.69. The Morgan fingerprint density at radius 3 is 2.60 bits per heavy atom. The standard InChI is InChI=1S/C10H20N2O3/c1-6(13)10(2,3)12-9(14)7-4-15-5-8(7)11/h6-8,13H,4-5,11H2,1-3H3,(H,12,14). The molecule has 1 amide bonds. The zero-order valence-corrected chi connectivity index (χ0v) is 9.49. The van der Waals surface area contributed by atoms with Crippen molar-refractivity contribution in [2.75, 3.05) is 13.2 Å². The van der Waals surface area contributed by atoms with Crippen LogP contribution in [0, 0.1) is 5.92 Å². The van der Waals surface area contributed by atoms with Crippen LogP contribution in [0.25, 0.3) is 0 Å². The molecule has 1 aliphatic heterocycles. The lowest BCUT2D eigenvalue weighted by Crippen LogP contribution is -2.54. The summed E-state index contributed by atoms with van der Waals surface area (Å²) in [5.41, 5.74) is 5.09. The third-order valence-electron chi connectivity index (χ3n) is 2.95. The number of nitrogens with one attached hydrogen (secondary N) is 1. The van der Waals surface area contributed by atoms with Gasteiger partial charge in [0.1, 0.15) is 0 Å². The van der Waals surface area contributed by atoms with Crippen molar-refractivity contribution in [2.24, 2.45) is 11.7 Å². The topological polar surface area (TPSA) is 84.6 Å². The Morgan fingerprint density at radius 1 is 1.60 bits per heavy atom. The normalized spacial score (nSPS) is 28.9. The van der Waals surface area contributed by atoms with E-state index in [1.165, 1.54) is 0 Å². The van der Waals surface area contributed by atoms with Gasteiger partial charge in [0.15, 0.2) is 0 Å². The van der Waals surface area contributed by atoms with E-state index < -0.39 is 11.6 Å². The highest BCUT2D eigenvalue weighted by Gasteiger charge is 2.35. The zero-order valence-electron chi connectivity index (χ0n) is 9.49. The van der Waals surface area contributed by atoms with E-state index in [0.29, 0.717) is 13.2 Å². The Kier molecular flexibility index (Phi) is 3.70. The van der Waals surface area contributed by atoms with Crippen LogP contribution < -0.4 is 11.1 Å². The molecule has 1 aliphatic rings. The maximum Gasteiger partial charge on any atom is 0.227 e. The van der Waals surface area contributed by atoms with Crippen molar-refractivity contribution in [2.45, 2.75) is 38.5 Å². The summed E-state index contributed by atoms with van der Waals surface area (Å²) in [6.07, 6.45) is -0.611. The van der Waals surface area contributed by atoms with E-state index in [1.807, 2.05) is 0 Å². The monoisotopic (exact) mass is 216 g/mol. The maximum atomic E-state index is 11.8. The molecular formula is C10H20N2O3. The minimum atomic E-state index is -0.639. The molecule has 0 aliphatic carbocycles. The molecule has 15 heavy (non-hydrogen) atoms. The molecule has 0 aromatic carbocycles. The van der Waals surface area contributed by atoms with E-state index in [4.69, 9.17) is 10.5 Å². The molecule has 0 aromatic heterocycles. The first kappa shape index (κ1) is 12.4. The molecule has 4 N–H and O–H groups in total. The average Bonchev–Trinajstić information content (AvgIpc) is 2.50.